The summed E-state index contributed by atoms with van der Waals surface area (Å²) in [5.41, 5.74) is 2.08. The quantitative estimate of drug-likeness (QED) is 0.692. The fourth-order valence-corrected chi connectivity index (χ4v) is 2.17. The monoisotopic (exact) mass is 223 g/mol. The van der Waals surface area contributed by atoms with Crippen LogP contribution in [0.1, 0.15) is 11.5 Å². The Kier molecular flexibility index (Phi) is 1.94. The second kappa shape index (κ2) is 3.18. The molecule has 0 saturated carbocycles. The van der Waals surface area contributed by atoms with E-state index in [2.05, 4.69) is 16.2 Å². The van der Waals surface area contributed by atoms with Crippen molar-refractivity contribution in [1.82, 2.24) is 14.5 Å². The van der Waals surface area contributed by atoms with Crippen LogP contribution in [0.25, 0.3) is 11.0 Å². The third kappa shape index (κ3) is 1.25. The number of hydrogen-bond acceptors (Lipinski definition) is 3. The zero-order valence-corrected chi connectivity index (χ0v) is 9.03. The van der Waals surface area contributed by atoms with Gasteiger partial charge in [-0.1, -0.05) is 11.6 Å². The van der Waals surface area contributed by atoms with Gasteiger partial charge in [0.25, 0.3) is 0 Å². The van der Waals surface area contributed by atoms with Crippen LogP contribution in [-0.4, -0.2) is 27.7 Å². The van der Waals surface area contributed by atoms with E-state index in [1.807, 2.05) is 11.6 Å². The van der Waals surface area contributed by atoms with Gasteiger partial charge in [-0.15, -0.1) is 0 Å². The van der Waals surface area contributed by atoms with Crippen LogP contribution >= 0.6 is 11.6 Å². The molecule has 1 saturated heterocycles. The first kappa shape index (κ1) is 9.12. The van der Waals surface area contributed by atoms with Crippen molar-refractivity contribution in [2.75, 3.05) is 13.2 Å². The van der Waals surface area contributed by atoms with Crippen LogP contribution in [0.5, 0.6) is 0 Å². The molecule has 1 fully saturated rings. The number of fused-ring (bicyclic) bond motifs is 1. The first-order valence-corrected chi connectivity index (χ1v) is 5.18. The molecule has 0 radical (unpaired) electrons. The highest BCUT2D eigenvalue weighted by Crippen LogP contribution is 2.33. The molecular weight excluding hydrogens is 214 g/mol. The van der Waals surface area contributed by atoms with E-state index in [0.717, 1.165) is 24.2 Å². The summed E-state index contributed by atoms with van der Waals surface area (Å²) >= 11 is 6.10. The lowest BCUT2D eigenvalue weighted by atomic mass is 9.98. The van der Waals surface area contributed by atoms with Gasteiger partial charge < -0.3 is 9.30 Å². The summed E-state index contributed by atoms with van der Waals surface area (Å²) in [7, 11) is 1.97. The minimum absolute atomic E-state index is 0.442. The largest absolute Gasteiger partial charge is 0.380 e. The normalized spacial score (nSPS) is 16.9. The van der Waals surface area contributed by atoms with Crippen molar-refractivity contribution in [3.63, 3.8) is 0 Å². The molecule has 2 aromatic heterocycles. The zero-order valence-electron chi connectivity index (χ0n) is 8.27. The van der Waals surface area contributed by atoms with Crippen molar-refractivity contribution < 1.29 is 4.74 Å². The lowest BCUT2D eigenvalue weighted by Crippen LogP contribution is -2.24. The van der Waals surface area contributed by atoms with Gasteiger partial charge in [-0.2, -0.15) is 0 Å². The Hall–Kier alpha value is -1.13. The first-order valence-electron chi connectivity index (χ1n) is 4.80. The molecule has 3 rings (SSSR count). The van der Waals surface area contributed by atoms with Gasteiger partial charge in [0.2, 0.25) is 0 Å². The number of aryl methyl sites for hydroxylation is 1. The molecule has 0 aliphatic carbocycles. The van der Waals surface area contributed by atoms with Gasteiger partial charge in [0.05, 0.1) is 18.6 Å². The van der Waals surface area contributed by atoms with Gasteiger partial charge in [0.15, 0.2) is 0 Å². The maximum absolute atomic E-state index is 6.10. The highest BCUT2D eigenvalue weighted by atomic mass is 35.5. The highest BCUT2D eigenvalue weighted by Gasteiger charge is 2.25. The van der Waals surface area contributed by atoms with Gasteiger partial charge in [-0.3, -0.25) is 0 Å². The summed E-state index contributed by atoms with van der Waals surface area (Å²) < 4.78 is 7.18. The number of rotatable bonds is 1. The standard InChI is InChI=1S/C10H10ClN3O/c1-14-2-7(6-3-15-4-6)8-9(11)12-5-13-10(8)14/h2,5-6H,3-4H2,1H3. The van der Waals surface area contributed by atoms with E-state index in [0.29, 0.717) is 11.1 Å². The van der Waals surface area contributed by atoms with Gasteiger partial charge in [0, 0.05) is 19.2 Å². The summed E-state index contributed by atoms with van der Waals surface area (Å²) in [6.45, 7) is 1.54. The van der Waals surface area contributed by atoms with Crippen LogP contribution in [0.3, 0.4) is 0 Å². The lowest BCUT2D eigenvalue weighted by molar-refractivity contribution is 0.00894. The number of halogens is 1. The maximum atomic E-state index is 6.10. The summed E-state index contributed by atoms with van der Waals surface area (Å²) in [4.78, 5) is 8.25. The van der Waals surface area contributed by atoms with Crippen LogP contribution in [-0.2, 0) is 11.8 Å². The van der Waals surface area contributed by atoms with E-state index in [-0.39, 0.29) is 0 Å². The molecule has 0 bridgehead atoms. The van der Waals surface area contributed by atoms with Crippen molar-refractivity contribution in [3.8, 4) is 0 Å². The summed E-state index contributed by atoms with van der Waals surface area (Å²) in [5, 5.41) is 1.50. The fourth-order valence-electron chi connectivity index (χ4n) is 1.93. The summed E-state index contributed by atoms with van der Waals surface area (Å²) in [6.07, 6.45) is 3.56. The van der Waals surface area contributed by atoms with Crippen molar-refractivity contribution in [2.45, 2.75) is 5.92 Å². The average molecular weight is 224 g/mol. The molecule has 2 aromatic rings. The van der Waals surface area contributed by atoms with E-state index in [1.54, 1.807) is 0 Å². The molecule has 1 aliphatic heterocycles. The molecule has 15 heavy (non-hydrogen) atoms. The number of nitrogens with zero attached hydrogens (tertiary/aromatic N) is 3. The van der Waals surface area contributed by atoms with Crippen LogP contribution in [0.15, 0.2) is 12.5 Å². The van der Waals surface area contributed by atoms with Gasteiger partial charge in [-0.05, 0) is 5.56 Å². The Morgan fingerprint density at radius 2 is 2.27 bits per heavy atom. The Morgan fingerprint density at radius 1 is 1.47 bits per heavy atom. The molecule has 78 valence electrons. The molecule has 0 amide bonds. The third-order valence-corrected chi connectivity index (χ3v) is 3.10. The minimum atomic E-state index is 0.442. The van der Waals surface area contributed by atoms with Crippen LogP contribution in [0.4, 0.5) is 0 Å². The summed E-state index contributed by atoms with van der Waals surface area (Å²) in [6, 6.07) is 0. The summed E-state index contributed by atoms with van der Waals surface area (Å²) in [5.74, 6) is 0.442. The maximum Gasteiger partial charge on any atom is 0.144 e. The molecule has 0 N–H and O–H groups in total. The predicted octanol–water partition coefficient (Wildman–Crippen LogP) is 1.74. The molecule has 5 heteroatoms. The molecule has 0 unspecified atom stereocenters. The van der Waals surface area contributed by atoms with Crippen LogP contribution in [0.2, 0.25) is 5.15 Å². The Morgan fingerprint density at radius 3 is 2.93 bits per heavy atom. The highest BCUT2D eigenvalue weighted by molar-refractivity contribution is 6.34. The molecule has 0 spiro atoms. The average Bonchev–Trinajstić information content (AvgIpc) is 2.43. The molecule has 3 heterocycles. The Balaban J connectivity index is 2.29. The second-order valence-electron chi connectivity index (χ2n) is 3.79. The molecule has 4 nitrogen and oxygen atoms in total. The molecule has 1 aliphatic rings. The lowest BCUT2D eigenvalue weighted by Gasteiger charge is -2.25. The Bertz CT molecular complexity index is 519. The first-order chi connectivity index (χ1) is 7.27. The van der Waals surface area contributed by atoms with E-state index in [1.165, 1.54) is 11.9 Å². The van der Waals surface area contributed by atoms with Crippen molar-refractivity contribution in [3.05, 3.63) is 23.2 Å². The smallest absolute Gasteiger partial charge is 0.144 e. The molecule has 0 aromatic carbocycles. The van der Waals surface area contributed by atoms with Gasteiger partial charge in [0.1, 0.15) is 17.1 Å². The van der Waals surface area contributed by atoms with E-state index in [4.69, 9.17) is 16.3 Å². The van der Waals surface area contributed by atoms with Gasteiger partial charge >= 0.3 is 0 Å². The van der Waals surface area contributed by atoms with Crippen molar-refractivity contribution >= 4 is 22.6 Å². The number of hydrogen-bond donors (Lipinski definition) is 0. The van der Waals surface area contributed by atoms with E-state index in [9.17, 15) is 0 Å². The molecule has 0 atom stereocenters. The third-order valence-electron chi connectivity index (χ3n) is 2.81. The van der Waals surface area contributed by atoms with E-state index >= 15 is 0 Å². The van der Waals surface area contributed by atoms with Crippen LogP contribution < -0.4 is 0 Å². The van der Waals surface area contributed by atoms with Crippen LogP contribution in [0, 0.1) is 0 Å². The van der Waals surface area contributed by atoms with Crippen molar-refractivity contribution in [2.24, 2.45) is 7.05 Å². The molecular formula is C10H10ClN3O. The topological polar surface area (TPSA) is 39.9 Å². The van der Waals surface area contributed by atoms with Gasteiger partial charge in [-0.25, -0.2) is 9.97 Å². The van der Waals surface area contributed by atoms with E-state index < -0.39 is 0 Å². The zero-order chi connectivity index (χ0) is 10.4. The number of aromatic nitrogens is 3. The van der Waals surface area contributed by atoms with Crippen molar-refractivity contribution in [1.29, 1.82) is 0 Å². The Labute approximate surface area is 91.8 Å². The minimum Gasteiger partial charge on any atom is -0.380 e. The SMILES string of the molecule is Cn1cc(C2COC2)c2c(Cl)ncnc21. The number of ether oxygens (including phenoxy) is 1. The predicted molar refractivity (Wildman–Crippen MR) is 57.1 cm³/mol. The fraction of sp³-hybridized carbons (Fsp3) is 0.400. The second-order valence-corrected chi connectivity index (χ2v) is 4.15.